The van der Waals surface area contributed by atoms with Gasteiger partial charge in [0.05, 0.1) is 0 Å². The van der Waals surface area contributed by atoms with E-state index in [9.17, 15) is 4.39 Å². The van der Waals surface area contributed by atoms with Crippen LogP contribution in [-0.4, -0.2) is 34.2 Å². The van der Waals surface area contributed by atoms with Gasteiger partial charge in [0.15, 0.2) is 11.8 Å². The van der Waals surface area contributed by atoms with Crippen LogP contribution in [0, 0.1) is 12.7 Å². The summed E-state index contributed by atoms with van der Waals surface area (Å²) >= 11 is 0. The fourth-order valence-corrected chi connectivity index (χ4v) is 2.57. The molecule has 25 heavy (non-hydrogen) atoms. The maximum atomic E-state index is 13.4. The van der Waals surface area contributed by atoms with Crippen LogP contribution in [0.4, 0.5) is 4.39 Å². The van der Waals surface area contributed by atoms with Crippen LogP contribution >= 0.6 is 0 Å². The molecule has 0 unspecified atom stereocenters. The van der Waals surface area contributed by atoms with Crippen molar-refractivity contribution in [1.29, 1.82) is 0 Å². The molecular weight excluding hydrogens is 323 g/mol. The van der Waals surface area contributed by atoms with Crippen molar-refractivity contribution >= 4 is 16.9 Å². The minimum atomic E-state index is -0.230. The summed E-state index contributed by atoms with van der Waals surface area (Å²) in [4.78, 5) is 11.7. The highest BCUT2D eigenvalue weighted by Crippen LogP contribution is 2.19. The lowest BCUT2D eigenvalue weighted by Gasteiger charge is -2.10. The Morgan fingerprint density at radius 1 is 1.36 bits per heavy atom. The van der Waals surface area contributed by atoms with Gasteiger partial charge in [-0.15, -0.1) is 0 Å². The summed E-state index contributed by atoms with van der Waals surface area (Å²) in [7, 11) is 0. The number of benzene rings is 1. The van der Waals surface area contributed by atoms with E-state index in [4.69, 9.17) is 4.52 Å². The molecule has 3 rings (SSSR count). The van der Waals surface area contributed by atoms with E-state index in [1.54, 1.807) is 19.1 Å². The van der Waals surface area contributed by atoms with E-state index in [2.05, 4.69) is 30.8 Å². The molecule has 0 bridgehead atoms. The number of halogens is 1. The number of guanidine groups is 1. The molecule has 0 spiro atoms. The molecule has 2 aromatic heterocycles. The third kappa shape index (κ3) is 4.34. The molecule has 3 aromatic rings. The lowest BCUT2D eigenvalue weighted by molar-refractivity contribution is 0.376. The van der Waals surface area contributed by atoms with Gasteiger partial charge in [-0.25, -0.2) is 9.38 Å². The Hall–Kier alpha value is -2.90. The fraction of sp³-hybridized carbons (Fsp3) is 0.353. The lowest BCUT2D eigenvalue weighted by atomic mass is 10.1. The van der Waals surface area contributed by atoms with Crippen LogP contribution in [0.25, 0.3) is 10.9 Å². The number of hydrogen-bond donors (Lipinski definition) is 3. The van der Waals surface area contributed by atoms with Crippen molar-refractivity contribution in [3.63, 3.8) is 0 Å². The number of nitrogens with one attached hydrogen (secondary N) is 3. The zero-order valence-electron chi connectivity index (χ0n) is 14.3. The Kier molecular flexibility index (Phi) is 5.27. The third-order valence-corrected chi connectivity index (χ3v) is 3.70. The van der Waals surface area contributed by atoms with E-state index in [1.807, 2.05) is 13.1 Å². The van der Waals surface area contributed by atoms with E-state index >= 15 is 0 Å². The standard InChI is InChI=1S/C17H21FN6O/c1-3-19-17(22-10-16-23-11(2)24-25-16)20-7-6-12-9-21-15-5-4-13(18)8-14(12)15/h4-5,8-9,21H,3,6-7,10H2,1-2H3,(H2,19,20,22). The van der Waals surface area contributed by atoms with Crippen LogP contribution in [0.1, 0.15) is 24.2 Å². The zero-order valence-corrected chi connectivity index (χ0v) is 14.3. The van der Waals surface area contributed by atoms with Gasteiger partial charge in [0.25, 0.3) is 0 Å². The third-order valence-electron chi connectivity index (χ3n) is 3.70. The highest BCUT2D eigenvalue weighted by Gasteiger charge is 2.06. The average molecular weight is 344 g/mol. The second kappa shape index (κ2) is 7.78. The number of aromatic nitrogens is 3. The van der Waals surface area contributed by atoms with E-state index in [1.165, 1.54) is 6.07 Å². The number of hydrogen-bond acceptors (Lipinski definition) is 4. The highest BCUT2D eigenvalue weighted by molar-refractivity contribution is 5.83. The van der Waals surface area contributed by atoms with Crippen molar-refractivity contribution < 1.29 is 8.91 Å². The molecule has 0 saturated carbocycles. The summed E-state index contributed by atoms with van der Waals surface area (Å²) < 4.78 is 18.5. The van der Waals surface area contributed by atoms with Crippen molar-refractivity contribution in [2.45, 2.75) is 26.8 Å². The molecule has 0 amide bonds. The molecule has 0 aliphatic heterocycles. The summed E-state index contributed by atoms with van der Waals surface area (Å²) in [5.74, 6) is 1.51. The van der Waals surface area contributed by atoms with Crippen LogP contribution in [0.2, 0.25) is 0 Å². The van der Waals surface area contributed by atoms with Crippen LogP contribution in [-0.2, 0) is 13.0 Å². The number of aliphatic imine (C=N–C) groups is 1. The van der Waals surface area contributed by atoms with Crippen molar-refractivity contribution in [1.82, 2.24) is 25.8 Å². The molecule has 3 N–H and O–H groups in total. The van der Waals surface area contributed by atoms with E-state index in [0.717, 1.165) is 29.4 Å². The second-order valence-corrected chi connectivity index (χ2v) is 5.61. The summed E-state index contributed by atoms with van der Waals surface area (Å²) in [5, 5.41) is 11.1. The molecule has 0 fully saturated rings. The van der Waals surface area contributed by atoms with Gasteiger partial charge in [0, 0.05) is 30.2 Å². The summed E-state index contributed by atoms with van der Waals surface area (Å²) in [5.41, 5.74) is 1.99. The number of fused-ring (bicyclic) bond motifs is 1. The van der Waals surface area contributed by atoms with Gasteiger partial charge in [-0.1, -0.05) is 5.16 Å². The first-order valence-corrected chi connectivity index (χ1v) is 8.22. The van der Waals surface area contributed by atoms with Crippen molar-refractivity contribution in [3.05, 3.63) is 47.5 Å². The average Bonchev–Trinajstić information content (AvgIpc) is 3.19. The Bertz CT molecular complexity index is 869. The predicted molar refractivity (Wildman–Crippen MR) is 93.8 cm³/mol. The Labute approximate surface area is 144 Å². The quantitative estimate of drug-likeness (QED) is 0.471. The monoisotopic (exact) mass is 344 g/mol. The number of aromatic amines is 1. The van der Waals surface area contributed by atoms with E-state index < -0.39 is 0 Å². The minimum Gasteiger partial charge on any atom is -0.361 e. The van der Waals surface area contributed by atoms with Crippen molar-refractivity contribution in [2.24, 2.45) is 4.99 Å². The van der Waals surface area contributed by atoms with Gasteiger partial charge in [-0.05, 0) is 44.0 Å². The van der Waals surface area contributed by atoms with Gasteiger partial charge >= 0.3 is 0 Å². The molecule has 1 aromatic carbocycles. The molecule has 0 aliphatic carbocycles. The van der Waals surface area contributed by atoms with E-state index in [0.29, 0.717) is 30.8 Å². The van der Waals surface area contributed by atoms with Crippen LogP contribution < -0.4 is 10.6 Å². The smallest absolute Gasteiger partial charge is 0.248 e. The first kappa shape index (κ1) is 16.9. The molecule has 8 heteroatoms. The van der Waals surface area contributed by atoms with Gasteiger partial charge in [0.1, 0.15) is 12.4 Å². The lowest BCUT2D eigenvalue weighted by Crippen LogP contribution is -2.38. The Morgan fingerprint density at radius 3 is 3.00 bits per heavy atom. The molecule has 0 radical (unpaired) electrons. The number of rotatable bonds is 6. The maximum Gasteiger partial charge on any atom is 0.248 e. The Morgan fingerprint density at radius 2 is 2.24 bits per heavy atom. The summed E-state index contributed by atoms with van der Waals surface area (Å²) in [6, 6.07) is 4.76. The zero-order chi connectivity index (χ0) is 17.6. The summed E-state index contributed by atoms with van der Waals surface area (Å²) in [6.07, 6.45) is 2.66. The topological polar surface area (TPSA) is 91.1 Å². The normalized spacial score (nSPS) is 11.9. The molecular formula is C17H21FN6O. The number of H-pyrrole nitrogens is 1. The molecule has 0 atom stereocenters. The van der Waals surface area contributed by atoms with Crippen LogP contribution in [0.3, 0.4) is 0 Å². The van der Waals surface area contributed by atoms with Gasteiger partial charge in [-0.3, -0.25) is 0 Å². The molecule has 2 heterocycles. The van der Waals surface area contributed by atoms with Crippen LogP contribution in [0.5, 0.6) is 0 Å². The van der Waals surface area contributed by atoms with Gasteiger partial charge < -0.3 is 20.1 Å². The predicted octanol–water partition coefficient (Wildman–Crippen LogP) is 2.30. The van der Waals surface area contributed by atoms with E-state index in [-0.39, 0.29) is 5.82 Å². The first-order valence-electron chi connectivity index (χ1n) is 8.22. The van der Waals surface area contributed by atoms with Crippen molar-refractivity contribution in [2.75, 3.05) is 13.1 Å². The largest absolute Gasteiger partial charge is 0.361 e. The van der Waals surface area contributed by atoms with Crippen LogP contribution in [0.15, 0.2) is 33.9 Å². The SMILES string of the molecule is CCNC(=NCc1nc(C)no1)NCCc1c[nH]c2ccc(F)cc12. The molecule has 7 nitrogen and oxygen atoms in total. The maximum absolute atomic E-state index is 13.4. The number of aryl methyl sites for hydroxylation is 1. The first-order chi connectivity index (χ1) is 12.2. The molecule has 0 saturated heterocycles. The van der Waals surface area contributed by atoms with Gasteiger partial charge in [-0.2, -0.15) is 4.98 Å². The highest BCUT2D eigenvalue weighted by atomic mass is 19.1. The minimum absolute atomic E-state index is 0.230. The second-order valence-electron chi connectivity index (χ2n) is 5.61. The molecule has 0 aliphatic rings. The Balaban J connectivity index is 1.60. The van der Waals surface area contributed by atoms with Gasteiger partial charge in [0.2, 0.25) is 5.89 Å². The summed E-state index contributed by atoms with van der Waals surface area (Å²) in [6.45, 7) is 5.49. The van der Waals surface area contributed by atoms with Crippen molar-refractivity contribution in [3.8, 4) is 0 Å². The molecule has 132 valence electrons. The fourth-order valence-electron chi connectivity index (χ4n) is 2.57. The number of nitrogens with zero attached hydrogens (tertiary/aromatic N) is 3.